The Morgan fingerprint density at radius 1 is 0.531 bits per heavy atom. The van der Waals surface area contributed by atoms with Crippen LogP contribution in [0.2, 0.25) is 0 Å². The van der Waals surface area contributed by atoms with Gasteiger partial charge in [0.15, 0.2) is 44.8 Å². The molecule has 6 spiro atoms. The van der Waals surface area contributed by atoms with Crippen molar-refractivity contribution in [3.05, 3.63) is 241 Å². The number of rotatable bonds is 3. The summed E-state index contributed by atoms with van der Waals surface area (Å²) >= 11 is 0. The predicted octanol–water partition coefficient (Wildman–Crippen LogP) is 5.93. The number of carbonyl (C=O) groups is 2. The first-order chi connectivity index (χ1) is 39.3. The number of aromatic carboxylic acids is 1. The number of benzene rings is 7. The van der Waals surface area contributed by atoms with E-state index < -0.39 is 62.0 Å². The third kappa shape index (κ3) is 2.55. The van der Waals surface area contributed by atoms with Crippen molar-refractivity contribution < 1.29 is 54.1 Å². The lowest BCUT2D eigenvalue weighted by atomic mass is 9.36. The van der Waals surface area contributed by atoms with Crippen molar-refractivity contribution >= 4 is 102 Å². The van der Waals surface area contributed by atoms with Crippen LogP contribution in [0.5, 0.6) is 0 Å². The van der Waals surface area contributed by atoms with E-state index in [1.807, 2.05) is 42.5 Å². The van der Waals surface area contributed by atoms with Gasteiger partial charge in [-0.15, -0.1) is 0 Å². The van der Waals surface area contributed by atoms with Gasteiger partial charge in [-0.1, -0.05) is 60.7 Å². The number of carbonyl (C=O) groups excluding carboxylic acids is 1. The molecule has 0 radical (unpaired) electrons. The molecule has 4 fully saturated rings. The van der Waals surface area contributed by atoms with Crippen LogP contribution < -0.4 is 15.7 Å². The smallest absolute Gasteiger partial charge is 0.336 e. The molecule has 7 aromatic carbocycles. The van der Waals surface area contributed by atoms with Crippen molar-refractivity contribution in [2.75, 3.05) is 0 Å². The van der Waals surface area contributed by atoms with Crippen LogP contribution in [0.1, 0.15) is 66.0 Å². The van der Waals surface area contributed by atoms with E-state index in [2.05, 4.69) is 66.8 Å². The van der Waals surface area contributed by atoms with Crippen LogP contribution in [0.15, 0.2) is 164 Å². The number of hydrogen-bond donors (Lipinski definition) is 5. The second-order valence-corrected chi connectivity index (χ2v) is 26.2. The van der Waals surface area contributed by atoms with E-state index in [0.29, 0.717) is 50.8 Å². The van der Waals surface area contributed by atoms with Gasteiger partial charge in [0.2, 0.25) is 0 Å². The molecule has 11 nitrogen and oxygen atoms in total. The van der Waals surface area contributed by atoms with E-state index in [-0.39, 0.29) is 28.0 Å². The van der Waals surface area contributed by atoms with Gasteiger partial charge in [0, 0.05) is 66.8 Å². The van der Waals surface area contributed by atoms with Crippen LogP contribution in [0.4, 0.5) is 0 Å². The Morgan fingerprint density at radius 2 is 1.30 bits per heavy atom. The molecular formula is C70H26O11. The molecular weight excluding hydrogens is 1020 g/mol. The summed E-state index contributed by atoms with van der Waals surface area (Å²) in [6, 6.07) is 14.4. The van der Waals surface area contributed by atoms with E-state index in [0.717, 1.165) is 137 Å². The van der Waals surface area contributed by atoms with Crippen molar-refractivity contribution in [2.24, 2.45) is 0 Å². The highest BCUT2D eigenvalue weighted by atomic mass is 16.7. The molecule has 0 amide bonds. The zero-order valence-electron chi connectivity index (χ0n) is 41.3. The molecule has 10 atom stereocenters. The Labute approximate surface area is 450 Å². The Bertz CT molecular complexity index is 5970. The van der Waals surface area contributed by atoms with E-state index >= 15 is 15.3 Å². The summed E-state index contributed by atoms with van der Waals surface area (Å²) in [7, 11) is 0. The maximum absolute atomic E-state index is 15.5. The summed E-state index contributed by atoms with van der Waals surface area (Å²) in [5, 5.41) is 82.7. The second-order valence-electron chi connectivity index (χ2n) is 26.2. The summed E-state index contributed by atoms with van der Waals surface area (Å²) in [6.45, 7) is 0.328. The minimum atomic E-state index is -2.49. The summed E-state index contributed by atoms with van der Waals surface area (Å²) in [6.07, 6.45) is 26.0. The zero-order valence-corrected chi connectivity index (χ0v) is 41.3. The fraction of sp³-hybridized carbons (Fsp3) is 0.143. The van der Waals surface area contributed by atoms with Gasteiger partial charge in [-0.3, -0.25) is 4.79 Å². The molecule has 27 rings (SSSR count). The summed E-state index contributed by atoms with van der Waals surface area (Å²) in [4.78, 5) is 26.5. The normalized spacial score (nSPS) is 40.0. The van der Waals surface area contributed by atoms with E-state index in [4.69, 9.17) is 18.9 Å². The average molecular weight is 1040 g/mol. The second kappa shape index (κ2) is 9.38. The van der Waals surface area contributed by atoms with Gasteiger partial charge in [-0.25, -0.2) is 4.79 Å². The molecule has 5 N–H and O–H groups in total. The number of carboxylic acids is 1. The molecule has 17 aliphatic carbocycles. The molecule has 0 bridgehead atoms. The molecule has 3 saturated heterocycles. The van der Waals surface area contributed by atoms with E-state index in [1.165, 1.54) is 0 Å². The van der Waals surface area contributed by atoms with Gasteiger partial charge >= 0.3 is 5.97 Å². The van der Waals surface area contributed by atoms with Gasteiger partial charge in [0.1, 0.15) is 17.0 Å². The highest BCUT2D eigenvalue weighted by Crippen LogP contribution is 2.92. The maximum Gasteiger partial charge on any atom is 0.336 e. The van der Waals surface area contributed by atoms with E-state index in [1.54, 1.807) is 12.2 Å². The lowest BCUT2D eigenvalue weighted by Gasteiger charge is -2.66. The van der Waals surface area contributed by atoms with Crippen LogP contribution in [0.25, 0.3) is 89.3 Å². The summed E-state index contributed by atoms with van der Waals surface area (Å²) in [5.74, 6) is -1.04. The Morgan fingerprint density at radius 3 is 2.15 bits per heavy atom. The molecule has 11 heteroatoms. The number of carboxylic acid groups (broad SMARTS) is 1. The SMILES string of the molecule is O=COC1=C2C3=CC=CC4=CC5=CC6=CC7=Cc8cc(C(=O)O)c9ccc%10c%11cccc%12c%11c%11c%13c%10c9c8C89OC78C7=c8c(c%10c%14c(cc%15c%16c%17c%18c(c8c%14%16)C8(OC678)C5=C(C43O)C%18(O)C2(O)C23OC%172C(=C%15)C=CC3=C1)C=C(C=%12)C%10%11O)C=%139. The Kier molecular flexibility index (Phi) is 4.39. The van der Waals surface area contributed by atoms with Crippen molar-refractivity contribution in [1.82, 2.24) is 0 Å². The average Bonchev–Trinajstić information content (AvgIpc) is 1.44. The number of ether oxygens (including phenoxy) is 4. The third-order valence-corrected chi connectivity index (χ3v) is 24.6. The van der Waals surface area contributed by atoms with Gasteiger partial charge in [0.05, 0.1) is 5.56 Å². The number of allylic oxidation sites excluding steroid dienone is 4. The van der Waals surface area contributed by atoms with Crippen LogP contribution in [-0.4, -0.2) is 66.0 Å². The van der Waals surface area contributed by atoms with Gasteiger partial charge in [0.25, 0.3) is 6.47 Å². The number of aliphatic hydroxyl groups is 4. The quantitative estimate of drug-likeness (QED) is 0.0805. The largest absolute Gasteiger partial charge is 0.478 e. The highest BCUT2D eigenvalue weighted by molar-refractivity contribution is 6.32. The first kappa shape index (κ1) is 37.9. The minimum Gasteiger partial charge on any atom is -0.478 e. The van der Waals surface area contributed by atoms with Crippen LogP contribution in [0, 0.1) is 0 Å². The Hall–Kier alpha value is -8.88. The Balaban J connectivity index is 1.01. The summed E-state index contributed by atoms with van der Waals surface area (Å²) < 4.78 is 29.9. The standard InChI is InChI=1S/C70H26O11/c71-21-78-38-20-29-8-7-28-13-23-11-24-14-30-12-22-3-1-5-33-34-9-10-35-36(60(72)73)18-26-17-32-19-31-16-25-15-27-4-2-6-37-51(38)69(77)63(76)57-55(64(28)70(29,69)81-64)41(23)44-40(24)53-48-46-45(44)56(57)68(50(25)59(63)61(27,37)74)66(31,80-68)58(46)65(32)67(79-65)49(26)43(35)42(34)47(54(48)67)52(39(22)33)62(30,53)75/h1-21,74-77H,(H,72,73). The topological polar surface area (TPSA) is 182 Å². The molecule has 1 saturated carbocycles. The monoisotopic (exact) mass is 1040 g/mol. The number of epoxide rings is 3. The van der Waals surface area contributed by atoms with Crippen molar-refractivity contribution in [3.8, 4) is 0 Å². The zero-order chi connectivity index (χ0) is 52.2. The van der Waals surface area contributed by atoms with Gasteiger partial charge in [-0.05, 0) is 192 Å². The van der Waals surface area contributed by atoms with Crippen LogP contribution >= 0.6 is 0 Å². The number of fused-ring (bicyclic) bond motifs is 2. The fourth-order valence-corrected chi connectivity index (χ4v) is 22.8. The lowest BCUT2D eigenvalue weighted by molar-refractivity contribution is -0.172. The molecule has 372 valence electrons. The molecule has 0 aromatic heterocycles. The maximum atomic E-state index is 15.5. The van der Waals surface area contributed by atoms with Gasteiger partial charge < -0.3 is 44.5 Å². The van der Waals surface area contributed by atoms with Crippen molar-refractivity contribution in [1.29, 1.82) is 0 Å². The van der Waals surface area contributed by atoms with Crippen molar-refractivity contribution in [2.45, 2.75) is 56.0 Å². The molecule has 7 aromatic rings. The minimum absolute atomic E-state index is 0.00111. The lowest BCUT2D eigenvalue weighted by Crippen LogP contribution is -2.77. The summed E-state index contributed by atoms with van der Waals surface area (Å²) in [5.41, 5.74) is -1.40. The highest BCUT2D eigenvalue weighted by Gasteiger charge is 2.99. The third-order valence-electron chi connectivity index (χ3n) is 24.6. The van der Waals surface area contributed by atoms with Gasteiger partial charge in [-0.2, -0.15) is 0 Å². The molecule has 20 aliphatic rings. The first-order valence-corrected chi connectivity index (χ1v) is 27.8. The first-order valence-electron chi connectivity index (χ1n) is 27.8. The van der Waals surface area contributed by atoms with Crippen LogP contribution in [-0.2, 0) is 51.7 Å². The molecule has 3 aliphatic heterocycles. The van der Waals surface area contributed by atoms with E-state index in [9.17, 15) is 19.8 Å². The molecule has 81 heavy (non-hydrogen) atoms. The molecule has 10 unspecified atom stereocenters. The molecule has 3 heterocycles. The fourth-order valence-electron chi connectivity index (χ4n) is 22.8. The number of hydrogen-bond acceptors (Lipinski definition) is 10. The van der Waals surface area contributed by atoms with Crippen LogP contribution in [0.3, 0.4) is 0 Å². The predicted molar refractivity (Wildman–Crippen MR) is 289 cm³/mol. The van der Waals surface area contributed by atoms with Crippen molar-refractivity contribution in [3.63, 3.8) is 0 Å².